The number of thioether (sulfide) groups is 1. The number of nitrogens with zero attached hydrogens (tertiary/aromatic N) is 4. The highest BCUT2D eigenvalue weighted by Gasteiger charge is 2.22. The van der Waals surface area contributed by atoms with Crippen LogP contribution in [0, 0.1) is 0 Å². The molecular weight excluding hydrogens is 302 g/mol. The van der Waals surface area contributed by atoms with E-state index >= 15 is 0 Å². The van der Waals surface area contributed by atoms with Gasteiger partial charge in [-0.25, -0.2) is 4.79 Å². The minimum absolute atomic E-state index is 0.0302. The molecule has 2 aromatic rings. The summed E-state index contributed by atoms with van der Waals surface area (Å²) in [6.07, 6.45) is 1.13. The van der Waals surface area contributed by atoms with E-state index in [1.165, 1.54) is 34.8 Å². The Kier molecular flexibility index (Phi) is 4.35. The lowest BCUT2D eigenvalue weighted by atomic mass is 10.2. The molecule has 2 heterocycles. The molecule has 0 unspecified atom stereocenters. The van der Waals surface area contributed by atoms with Crippen LogP contribution in [0.2, 0.25) is 0 Å². The number of aromatic carboxylic acids is 1. The zero-order valence-electron chi connectivity index (χ0n) is 10.7. The van der Waals surface area contributed by atoms with Crippen LogP contribution < -0.4 is 5.32 Å². The molecule has 0 saturated carbocycles. The number of aryl methyl sites for hydroxylation is 1. The summed E-state index contributed by atoms with van der Waals surface area (Å²) in [5.41, 5.74) is -0.185. The number of carbonyl (C=O) groups is 2. The number of carbonyl (C=O) groups excluding carboxylic acids is 1. The monoisotopic (exact) mass is 313 g/mol. The van der Waals surface area contributed by atoms with Gasteiger partial charge >= 0.3 is 5.97 Å². The van der Waals surface area contributed by atoms with E-state index in [9.17, 15) is 9.59 Å². The number of amides is 1. The molecular formula is C10H11N5O3S2. The van der Waals surface area contributed by atoms with E-state index < -0.39 is 11.9 Å². The largest absolute Gasteiger partial charge is 0.478 e. The molecule has 0 atom stereocenters. The fraction of sp³-hybridized carbons (Fsp3) is 0.300. The average molecular weight is 313 g/mol. The van der Waals surface area contributed by atoms with Gasteiger partial charge in [-0.2, -0.15) is 5.10 Å². The first-order chi connectivity index (χ1) is 9.52. The van der Waals surface area contributed by atoms with Crippen molar-refractivity contribution in [1.82, 2.24) is 20.0 Å². The second-order valence-corrected chi connectivity index (χ2v) is 6.08. The maximum atomic E-state index is 12.1. The SMILES string of the molecule is CCSc1nnc(NC(=O)c2c(C(=O)O)cnn2C)s1. The smallest absolute Gasteiger partial charge is 0.339 e. The molecule has 2 aromatic heterocycles. The summed E-state index contributed by atoms with van der Waals surface area (Å²) in [6.45, 7) is 1.99. The lowest BCUT2D eigenvalue weighted by Crippen LogP contribution is -2.19. The van der Waals surface area contributed by atoms with Crippen molar-refractivity contribution in [2.45, 2.75) is 11.3 Å². The fourth-order valence-electron chi connectivity index (χ4n) is 1.46. The average Bonchev–Trinajstić information content (AvgIpc) is 2.96. The number of carboxylic acids is 1. The molecule has 0 aliphatic heterocycles. The van der Waals surface area contributed by atoms with Gasteiger partial charge in [0.1, 0.15) is 11.3 Å². The van der Waals surface area contributed by atoms with Crippen LogP contribution in [0.4, 0.5) is 5.13 Å². The van der Waals surface area contributed by atoms with Crippen LogP contribution >= 0.6 is 23.1 Å². The van der Waals surface area contributed by atoms with Crippen molar-refractivity contribution >= 4 is 40.1 Å². The lowest BCUT2D eigenvalue weighted by molar-refractivity contribution is 0.0692. The van der Waals surface area contributed by atoms with E-state index in [1.54, 1.807) is 0 Å². The topological polar surface area (TPSA) is 110 Å². The summed E-state index contributed by atoms with van der Waals surface area (Å²) in [7, 11) is 1.50. The first-order valence-corrected chi connectivity index (χ1v) is 7.36. The molecule has 10 heteroatoms. The van der Waals surface area contributed by atoms with Crippen molar-refractivity contribution in [1.29, 1.82) is 0 Å². The summed E-state index contributed by atoms with van der Waals surface area (Å²) < 4.78 is 1.95. The van der Waals surface area contributed by atoms with Gasteiger partial charge in [0.05, 0.1) is 6.20 Å². The number of hydrogen-bond donors (Lipinski definition) is 2. The summed E-state index contributed by atoms with van der Waals surface area (Å²) in [5.74, 6) is -0.928. The Morgan fingerprint density at radius 3 is 2.90 bits per heavy atom. The van der Waals surface area contributed by atoms with Crippen LogP contribution in [-0.4, -0.2) is 42.7 Å². The molecule has 0 bridgehead atoms. The minimum atomic E-state index is -1.21. The molecule has 0 aromatic carbocycles. The van der Waals surface area contributed by atoms with Crippen LogP contribution in [0.5, 0.6) is 0 Å². The molecule has 0 fully saturated rings. The predicted octanol–water partition coefficient (Wildman–Crippen LogP) is 1.33. The molecule has 106 valence electrons. The number of nitrogens with one attached hydrogen (secondary N) is 1. The highest BCUT2D eigenvalue weighted by molar-refractivity contribution is 8.01. The van der Waals surface area contributed by atoms with E-state index in [1.807, 2.05) is 6.92 Å². The van der Waals surface area contributed by atoms with Gasteiger partial charge in [-0.1, -0.05) is 30.0 Å². The third kappa shape index (κ3) is 2.96. The molecule has 2 N–H and O–H groups in total. The van der Waals surface area contributed by atoms with Gasteiger partial charge < -0.3 is 5.11 Å². The first-order valence-electron chi connectivity index (χ1n) is 5.55. The van der Waals surface area contributed by atoms with Crippen molar-refractivity contribution in [2.24, 2.45) is 7.05 Å². The van der Waals surface area contributed by atoms with Gasteiger partial charge in [0, 0.05) is 7.05 Å². The molecule has 0 radical (unpaired) electrons. The van der Waals surface area contributed by atoms with E-state index in [4.69, 9.17) is 5.11 Å². The minimum Gasteiger partial charge on any atom is -0.478 e. The molecule has 0 aliphatic carbocycles. The standard InChI is InChI=1S/C10H11N5O3S2/c1-3-19-10-14-13-9(20-10)12-7(16)6-5(8(17)18)4-11-15(6)2/h4H,3H2,1-2H3,(H,17,18)(H,12,13,16). The number of aromatic nitrogens is 4. The van der Waals surface area contributed by atoms with Crippen LogP contribution in [0.3, 0.4) is 0 Å². The van der Waals surface area contributed by atoms with E-state index in [-0.39, 0.29) is 11.3 Å². The van der Waals surface area contributed by atoms with Gasteiger partial charge in [0.15, 0.2) is 4.34 Å². The number of rotatable bonds is 5. The van der Waals surface area contributed by atoms with Crippen molar-refractivity contribution in [3.8, 4) is 0 Å². The molecule has 0 aliphatic rings. The summed E-state index contributed by atoms with van der Waals surface area (Å²) in [4.78, 5) is 23.1. The van der Waals surface area contributed by atoms with Crippen LogP contribution in [-0.2, 0) is 7.05 Å². The Bertz CT molecular complexity index is 651. The van der Waals surface area contributed by atoms with Gasteiger partial charge in [0.2, 0.25) is 5.13 Å². The summed E-state index contributed by atoms with van der Waals surface area (Å²) in [6, 6.07) is 0. The highest BCUT2D eigenvalue weighted by Crippen LogP contribution is 2.25. The van der Waals surface area contributed by atoms with Crippen LogP contribution in [0.15, 0.2) is 10.5 Å². The van der Waals surface area contributed by atoms with Gasteiger partial charge in [0.25, 0.3) is 5.91 Å². The van der Waals surface area contributed by atoms with E-state index in [0.29, 0.717) is 5.13 Å². The second kappa shape index (κ2) is 6.01. The third-order valence-electron chi connectivity index (χ3n) is 2.28. The van der Waals surface area contributed by atoms with Crippen molar-refractivity contribution < 1.29 is 14.7 Å². The van der Waals surface area contributed by atoms with Crippen molar-refractivity contribution in [3.05, 3.63) is 17.5 Å². The van der Waals surface area contributed by atoms with E-state index in [0.717, 1.165) is 16.3 Å². The quantitative estimate of drug-likeness (QED) is 0.633. The molecule has 0 saturated heterocycles. The molecule has 1 amide bonds. The second-order valence-electron chi connectivity index (χ2n) is 3.60. The maximum absolute atomic E-state index is 12.1. The Hall–Kier alpha value is -1.94. The third-order valence-corrected chi connectivity index (χ3v) is 4.13. The lowest BCUT2D eigenvalue weighted by Gasteiger charge is -2.02. The molecule has 0 spiro atoms. The number of carboxylic acid groups (broad SMARTS) is 1. The summed E-state index contributed by atoms with van der Waals surface area (Å²) in [5, 5.41) is 23.4. The Labute approximate surface area is 122 Å². The number of anilines is 1. The van der Waals surface area contributed by atoms with Gasteiger partial charge in [-0.15, -0.1) is 10.2 Å². The first kappa shape index (κ1) is 14.5. The van der Waals surface area contributed by atoms with Crippen LogP contribution in [0.25, 0.3) is 0 Å². The van der Waals surface area contributed by atoms with Crippen LogP contribution in [0.1, 0.15) is 27.8 Å². The van der Waals surface area contributed by atoms with Gasteiger partial charge in [-0.3, -0.25) is 14.8 Å². The predicted molar refractivity (Wildman–Crippen MR) is 74.4 cm³/mol. The molecule has 8 nitrogen and oxygen atoms in total. The maximum Gasteiger partial charge on any atom is 0.339 e. The zero-order chi connectivity index (χ0) is 14.7. The Morgan fingerprint density at radius 2 is 2.25 bits per heavy atom. The molecule has 20 heavy (non-hydrogen) atoms. The van der Waals surface area contributed by atoms with Crippen molar-refractivity contribution in [3.63, 3.8) is 0 Å². The fourth-order valence-corrected chi connectivity index (χ4v) is 3.11. The summed E-state index contributed by atoms with van der Waals surface area (Å²) >= 11 is 2.75. The Morgan fingerprint density at radius 1 is 1.50 bits per heavy atom. The normalized spacial score (nSPS) is 10.5. The number of hydrogen-bond acceptors (Lipinski definition) is 7. The van der Waals surface area contributed by atoms with E-state index in [2.05, 4.69) is 20.6 Å². The van der Waals surface area contributed by atoms with Gasteiger partial charge in [-0.05, 0) is 5.75 Å². The van der Waals surface area contributed by atoms with Crippen molar-refractivity contribution in [2.75, 3.05) is 11.1 Å². The molecule has 2 rings (SSSR count). The zero-order valence-corrected chi connectivity index (χ0v) is 12.3. The Balaban J connectivity index is 2.19. The highest BCUT2D eigenvalue weighted by atomic mass is 32.2.